The predicted molar refractivity (Wildman–Crippen MR) is 113 cm³/mol. The van der Waals surface area contributed by atoms with Crippen molar-refractivity contribution in [3.05, 3.63) is 77.7 Å². The van der Waals surface area contributed by atoms with Gasteiger partial charge in [0.15, 0.2) is 21.4 Å². The number of sulfone groups is 1. The molecule has 4 rings (SSSR count). The van der Waals surface area contributed by atoms with Crippen LogP contribution in [-0.4, -0.2) is 30.9 Å². The molecule has 0 atom stereocenters. The van der Waals surface area contributed by atoms with E-state index in [1.807, 2.05) is 6.92 Å². The highest BCUT2D eigenvalue weighted by Gasteiger charge is 2.26. The van der Waals surface area contributed by atoms with Gasteiger partial charge in [0.05, 0.1) is 22.8 Å². The van der Waals surface area contributed by atoms with Gasteiger partial charge >= 0.3 is 6.03 Å². The average molecular weight is 441 g/mol. The number of benzene rings is 2. The van der Waals surface area contributed by atoms with E-state index < -0.39 is 15.7 Å². The topological polar surface area (TPSA) is 88.6 Å². The molecule has 0 radical (unpaired) electrons. The molecule has 3 aromatic rings. The Kier molecular flexibility index (Phi) is 5.60. The highest BCUT2D eigenvalue weighted by atomic mass is 32.2. The minimum atomic E-state index is -3.59. The third kappa shape index (κ3) is 4.36. The van der Waals surface area contributed by atoms with Crippen LogP contribution in [0.5, 0.6) is 11.5 Å². The first-order chi connectivity index (χ1) is 14.9. The molecule has 31 heavy (non-hydrogen) atoms. The maximum Gasteiger partial charge on any atom is 0.323 e. The number of pyridine rings is 1. The Balaban J connectivity index is 1.57. The third-order valence-corrected chi connectivity index (χ3v) is 6.64. The molecule has 0 aliphatic carbocycles. The number of amides is 2. The van der Waals surface area contributed by atoms with Crippen molar-refractivity contribution in [2.24, 2.45) is 0 Å². The van der Waals surface area contributed by atoms with E-state index in [2.05, 4.69) is 10.3 Å². The molecule has 2 aromatic carbocycles. The van der Waals surface area contributed by atoms with Gasteiger partial charge in [0.25, 0.3) is 0 Å². The summed E-state index contributed by atoms with van der Waals surface area (Å²) in [5.74, 6) is -0.311. The number of carbonyl (C=O) groups is 1. The zero-order chi connectivity index (χ0) is 22.0. The number of nitrogens with one attached hydrogen (secondary N) is 1. The number of halogens is 1. The number of fused-ring (bicyclic) bond motifs is 1. The quantitative estimate of drug-likeness (QED) is 0.614. The summed E-state index contributed by atoms with van der Waals surface area (Å²) in [6.07, 6.45) is 1.47. The third-order valence-electron chi connectivity index (χ3n) is 4.93. The van der Waals surface area contributed by atoms with Gasteiger partial charge in [-0.05, 0) is 42.8 Å². The number of urea groups is 1. The fourth-order valence-corrected chi connectivity index (χ4v) is 4.65. The van der Waals surface area contributed by atoms with E-state index in [1.54, 1.807) is 29.2 Å². The zero-order valence-electron chi connectivity index (χ0n) is 16.7. The molecule has 1 aliphatic heterocycles. The van der Waals surface area contributed by atoms with Crippen LogP contribution in [0.4, 0.5) is 15.0 Å². The van der Waals surface area contributed by atoms with Crippen LogP contribution in [-0.2, 0) is 22.1 Å². The molecule has 0 saturated heterocycles. The Labute approximate surface area is 179 Å². The van der Waals surface area contributed by atoms with Gasteiger partial charge in [0.1, 0.15) is 11.6 Å². The second-order valence-corrected chi connectivity index (χ2v) is 9.01. The van der Waals surface area contributed by atoms with Crippen LogP contribution in [0.25, 0.3) is 0 Å². The molecule has 2 heterocycles. The summed E-state index contributed by atoms with van der Waals surface area (Å²) in [5, 5.41) is 2.69. The van der Waals surface area contributed by atoms with Crippen LogP contribution < -0.4 is 10.1 Å². The number of nitrogens with zero attached hydrogens (tertiary/aromatic N) is 2. The lowest BCUT2D eigenvalue weighted by Gasteiger charge is -2.28. The van der Waals surface area contributed by atoms with Gasteiger partial charge in [-0.25, -0.2) is 22.6 Å². The smallest absolute Gasteiger partial charge is 0.323 e. The minimum Gasteiger partial charge on any atom is -0.454 e. The predicted octanol–water partition coefficient (Wildman–Crippen LogP) is 4.35. The molecular weight excluding hydrogens is 421 g/mol. The lowest BCUT2D eigenvalue weighted by Crippen LogP contribution is -2.38. The van der Waals surface area contributed by atoms with Gasteiger partial charge in [-0.1, -0.05) is 24.3 Å². The molecule has 160 valence electrons. The summed E-state index contributed by atoms with van der Waals surface area (Å²) in [4.78, 5) is 17.9. The first-order valence-electron chi connectivity index (χ1n) is 9.65. The second-order valence-electron chi connectivity index (χ2n) is 7.02. The normalized spacial score (nSPS) is 13.5. The highest BCUT2D eigenvalue weighted by Crippen LogP contribution is 2.34. The number of rotatable bonds is 6. The molecule has 2 amide bonds. The fourth-order valence-electron chi connectivity index (χ4n) is 3.30. The Morgan fingerprint density at radius 1 is 1.13 bits per heavy atom. The van der Waals surface area contributed by atoms with E-state index in [0.29, 0.717) is 29.2 Å². The van der Waals surface area contributed by atoms with Crippen molar-refractivity contribution in [2.45, 2.75) is 24.1 Å². The molecular formula is C22H20FN3O4S. The van der Waals surface area contributed by atoms with Crippen molar-refractivity contribution in [1.29, 1.82) is 0 Å². The molecule has 0 spiro atoms. The molecule has 0 bridgehead atoms. The van der Waals surface area contributed by atoms with Crippen molar-refractivity contribution >= 4 is 21.7 Å². The molecule has 9 heteroatoms. The van der Waals surface area contributed by atoms with Gasteiger partial charge < -0.3 is 9.64 Å². The summed E-state index contributed by atoms with van der Waals surface area (Å²) >= 11 is 0. The van der Waals surface area contributed by atoms with Crippen molar-refractivity contribution in [1.82, 2.24) is 9.88 Å². The second kappa shape index (κ2) is 8.35. The van der Waals surface area contributed by atoms with Gasteiger partial charge in [-0.3, -0.25) is 5.32 Å². The van der Waals surface area contributed by atoms with Crippen LogP contribution in [0.1, 0.15) is 18.1 Å². The van der Waals surface area contributed by atoms with Crippen LogP contribution >= 0.6 is 0 Å². The largest absolute Gasteiger partial charge is 0.454 e. The van der Waals surface area contributed by atoms with Crippen LogP contribution in [0.2, 0.25) is 0 Å². The molecule has 7 nitrogen and oxygen atoms in total. The minimum absolute atomic E-state index is 0.0470. The van der Waals surface area contributed by atoms with E-state index in [0.717, 1.165) is 6.07 Å². The van der Waals surface area contributed by atoms with Crippen LogP contribution in [0.3, 0.4) is 0 Å². The lowest BCUT2D eigenvalue weighted by atomic mass is 10.2. The molecule has 1 aromatic heterocycles. The van der Waals surface area contributed by atoms with Gasteiger partial charge in [-0.2, -0.15) is 0 Å². The van der Waals surface area contributed by atoms with E-state index in [-0.39, 0.29) is 29.0 Å². The van der Waals surface area contributed by atoms with E-state index >= 15 is 0 Å². The number of ether oxygens (including phenoxy) is 1. The molecule has 0 fully saturated rings. The standard InChI is InChI=1S/C22H20FN3O4S/c1-2-26-13-17-19(10-11-24-21(17)25-22(26)27)30-20-9-8-15(12-18(20)23)14-31(28,29)16-6-4-3-5-7-16/h3-12H,2,13-14H2,1H3,(H,24,25,27). The highest BCUT2D eigenvalue weighted by molar-refractivity contribution is 7.90. The molecule has 0 saturated carbocycles. The maximum absolute atomic E-state index is 14.7. The Morgan fingerprint density at radius 2 is 1.90 bits per heavy atom. The number of carbonyl (C=O) groups excluding carboxylic acids is 1. The number of anilines is 1. The van der Waals surface area contributed by atoms with Crippen LogP contribution in [0, 0.1) is 5.82 Å². The monoisotopic (exact) mass is 441 g/mol. The van der Waals surface area contributed by atoms with Crippen molar-refractivity contribution < 1.29 is 22.3 Å². The average Bonchev–Trinajstić information content (AvgIpc) is 2.75. The first-order valence-corrected chi connectivity index (χ1v) is 11.3. The number of hydrogen-bond donors (Lipinski definition) is 1. The SMILES string of the molecule is CCN1Cc2c(Oc3ccc(CS(=O)(=O)c4ccccc4)cc3F)ccnc2NC1=O. The maximum atomic E-state index is 14.7. The fraction of sp³-hybridized carbons (Fsp3) is 0.182. The molecule has 1 aliphatic rings. The van der Waals surface area contributed by atoms with Gasteiger partial charge in [-0.15, -0.1) is 0 Å². The summed E-state index contributed by atoms with van der Waals surface area (Å²) < 4.78 is 45.6. The molecule has 0 unspecified atom stereocenters. The van der Waals surface area contributed by atoms with Gasteiger partial charge in [0.2, 0.25) is 0 Å². The van der Waals surface area contributed by atoms with Crippen molar-refractivity contribution in [3.63, 3.8) is 0 Å². The lowest BCUT2D eigenvalue weighted by molar-refractivity contribution is 0.209. The Hall–Kier alpha value is -3.46. The summed E-state index contributed by atoms with van der Waals surface area (Å²) in [6, 6.07) is 13.4. The van der Waals surface area contributed by atoms with Crippen molar-refractivity contribution in [3.8, 4) is 11.5 Å². The summed E-state index contributed by atoms with van der Waals surface area (Å²) in [6.45, 7) is 2.64. The molecule has 1 N–H and O–H groups in total. The van der Waals surface area contributed by atoms with E-state index in [1.165, 1.54) is 30.5 Å². The van der Waals surface area contributed by atoms with E-state index in [4.69, 9.17) is 4.74 Å². The number of aromatic nitrogens is 1. The van der Waals surface area contributed by atoms with Gasteiger partial charge in [0, 0.05) is 12.7 Å². The van der Waals surface area contributed by atoms with Crippen LogP contribution in [0.15, 0.2) is 65.7 Å². The number of hydrogen-bond acceptors (Lipinski definition) is 5. The summed E-state index contributed by atoms with van der Waals surface area (Å²) in [7, 11) is -3.59. The Bertz CT molecular complexity index is 1230. The van der Waals surface area contributed by atoms with E-state index in [9.17, 15) is 17.6 Å². The van der Waals surface area contributed by atoms with Crippen molar-refractivity contribution in [2.75, 3.05) is 11.9 Å². The Morgan fingerprint density at radius 3 is 2.61 bits per heavy atom. The zero-order valence-corrected chi connectivity index (χ0v) is 17.5. The first kappa shape index (κ1) is 20.8. The summed E-state index contributed by atoms with van der Waals surface area (Å²) in [5.41, 5.74) is 0.953.